The summed E-state index contributed by atoms with van der Waals surface area (Å²) in [6, 6.07) is 0.682. The average Bonchev–Trinajstić information content (AvgIpc) is 2.32. The fraction of sp³-hybridized carbons (Fsp3) is 1.00. The summed E-state index contributed by atoms with van der Waals surface area (Å²) in [4.78, 5) is 5.22. The van der Waals surface area contributed by atoms with Gasteiger partial charge in [-0.05, 0) is 45.8 Å². The first kappa shape index (κ1) is 14.9. The van der Waals surface area contributed by atoms with Gasteiger partial charge in [0.05, 0.1) is 0 Å². The van der Waals surface area contributed by atoms with Crippen LogP contribution < -0.4 is 5.32 Å². The van der Waals surface area contributed by atoms with Crippen LogP contribution in [0, 0.1) is 0 Å². The van der Waals surface area contributed by atoms with E-state index in [0.717, 1.165) is 6.54 Å². The number of hydrogen-bond donors (Lipinski definition) is 1. The van der Waals surface area contributed by atoms with Crippen LogP contribution in [-0.4, -0.2) is 61.7 Å². The Morgan fingerprint density at radius 1 is 1.00 bits per heavy atom. The third-order valence-electron chi connectivity index (χ3n) is 3.67. The molecule has 1 atom stereocenters. The Hall–Kier alpha value is -0.120. The Morgan fingerprint density at radius 2 is 1.59 bits per heavy atom. The van der Waals surface area contributed by atoms with Gasteiger partial charge in [0.1, 0.15) is 0 Å². The molecule has 1 aliphatic heterocycles. The molecule has 0 bridgehead atoms. The number of rotatable bonds is 8. The van der Waals surface area contributed by atoms with Crippen LogP contribution in [0.25, 0.3) is 0 Å². The Balaban J connectivity index is 2.02. The van der Waals surface area contributed by atoms with Crippen LogP contribution >= 0.6 is 0 Å². The molecule has 0 aliphatic carbocycles. The largest absolute Gasteiger partial charge is 0.315 e. The number of piperazine rings is 1. The predicted octanol–water partition coefficient (Wildman–Crippen LogP) is 1.79. The van der Waals surface area contributed by atoms with E-state index in [2.05, 4.69) is 35.9 Å². The van der Waals surface area contributed by atoms with Crippen LogP contribution in [0.4, 0.5) is 0 Å². The molecule has 0 saturated carbocycles. The summed E-state index contributed by atoms with van der Waals surface area (Å²) in [5, 5.41) is 3.48. The summed E-state index contributed by atoms with van der Waals surface area (Å²) >= 11 is 0. The van der Waals surface area contributed by atoms with E-state index in [4.69, 9.17) is 0 Å². The smallest absolute Gasteiger partial charge is 0.0110 e. The van der Waals surface area contributed by atoms with Gasteiger partial charge in [-0.1, -0.05) is 13.8 Å². The summed E-state index contributed by atoms with van der Waals surface area (Å²) in [6.07, 6.45) is 3.94. The van der Waals surface area contributed by atoms with E-state index in [1.165, 1.54) is 58.5 Å². The van der Waals surface area contributed by atoms with Crippen molar-refractivity contribution in [3.8, 4) is 0 Å². The Kier molecular flexibility index (Phi) is 7.82. The molecule has 1 aliphatic rings. The third-order valence-corrected chi connectivity index (χ3v) is 3.67. The Morgan fingerprint density at radius 3 is 2.12 bits per heavy atom. The molecular weight excluding hydrogens is 210 g/mol. The minimum atomic E-state index is 0.682. The van der Waals surface area contributed by atoms with Crippen LogP contribution in [0.5, 0.6) is 0 Å². The highest BCUT2D eigenvalue weighted by Gasteiger charge is 2.15. The summed E-state index contributed by atoms with van der Waals surface area (Å²) in [7, 11) is 0. The van der Waals surface area contributed by atoms with Gasteiger partial charge < -0.3 is 15.1 Å². The van der Waals surface area contributed by atoms with Crippen LogP contribution in [-0.2, 0) is 0 Å². The topological polar surface area (TPSA) is 18.5 Å². The summed E-state index contributed by atoms with van der Waals surface area (Å²) in [5.41, 5.74) is 0. The van der Waals surface area contributed by atoms with Crippen LogP contribution in [0.15, 0.2) is 0 Å². The van der Waals surface area contributed by atoms with Gasteiger partial charge in [-0.25, -0.2) is 0 Å². The molecule has 0 aromatic heterocycles. The lowest BCUT2D eigenvalue weighted by Crippen LogP contribution is -2.46. The van der Waals surface area contributed by atoms with Crippen molar-refractivity contribution in [2.75, 3.05) is 45.8 Å². The summed E-state index contributed by atoms with van der Waals surface area (Å²) in [6.45, 7) is 15.5. The zero-order valence-corrected chi connectivity index (χ0v) is 12.0. The molecule has 102 valence electrons. The SMILES string of the molecule is CCCN1CCN(CCCC(C)NCC)CC1. The van der Waals surface area contributed by atoms with Crippen LogP contribution in [0.3, 0.4) is 0 Å². The third kappa shape index (κ3) is 6.39. The Bertz CT molecular complexity index is 176. The lowest BCUT2D eigenvalue weighted by Gasteiger charge is -2.34. The first-order valence-corrected chi connectivity index (χ1v) is 7.44. The molecule has 1 heterocycles. The van der Waals surface area contributed by atoms with Crippen molar-refractivity contribution in [3.63, 3.8) is 0 Å². The van der Waals surface area contributed by atoms with Gasteiger partial charge in [0.2, 0.25) is 0 Å². The average molecular weight is 241 g/mol. The Labute approximate surface area is 108 Å². The molecular formula is C14H31N3. The summed E-state index contributed by atoms with van der Waals surface area (Å²) in [5.74, 6) is 0. The maximum Gasteiger partial charge on any atom is 0.0110 e. The normalized spacial score (nSPS) is 20.6. The number of nitrogens with one attached hydrogen (secondary N) is 1. The van der Waals surface area contributed by atoms with Crippen molar-refractivity contribution in [3.05, 3.63) is 0 Å². The molecule has 1 fully saturated rings. The molecule has 1 unspecified atom stereocenters. The highest BCUT2D eigenvalue weighted by atomic mass is 15.3. The molecule has 0 aromatic carbocycles. The van der Waals surface area contributed by atoms with Crippen molar-refractivity contribution >= 4 is 0 Å². The number of hydrogen-bond acceptors (Lipinski definition) is 3. The molecule has 0 aromatic rings. The second-order valence-corrected chi connectivity index (χ2v) is 5.28. The highest BCUT2D eigenvalue weighted by Crippen LogP contribution is 2.05. The summed E-state index contributed by atoms with van der Waals surface area (Å²) < 4.78 is 0. The van der Waals surface area contributed by atoms with E-state index in [9.17, 15) is 0 Å². The van der Waals surface area contributed by atoms with Crippen molar-refractivity contribution in [2.24, 2.45) is 0 Å². The number of nitrogens with zero attached hydrogens (tertiary/aromatic N) is 2. The van der Waals surface area contributed by atoms with Gasteiger partial charge in [0.25, 0.3) is 0 Å². The lowest BCUT2D eigenvalue weighted by molar-refractivity contribution is 0.130. The second-order valence-electron chi connectivity index (χ2n) is 5.28. The fourth-order valence-electron chi connectivity index (χ4n) is 2.62. The van der Waals surface area contributed by atoms with E-state index in [-0.39, 0.29) is 0 Å². The molecule has 0 spiro atoms. The van der Waals surface area contributed by atoms with Crippen molar-refractivity contribution in [2.45, 2.75) is 46.1 Å². The molecule has 1 rings (SSSR count). The van der Waals surface area contributed by atoms with E-state index < -0.39 is 0 Å². The van der Waals surface area contributed by atoms with Gasteiger partial charge in [0.15, 0.2) is 0 Å². The molecule has 3 nitrogen and oxygen atoms in total. The van der Waals surface area contributed by atoms with E-state index in [1.54, 1.807) is 0 Å². The molecule has 1 saturated heterocycles. The van der Waals surface area contributed by atoms with E-state index in [1.807, 2.05) is 0 Å². The van der Waals surface area contributed by atoms with E-state index in [0.29, 0.717) is 6.04 Å². The molecule has 0 radical (unpaired) electrons. The standard InChI is InChI=1S/C14H31N3/c1-4-8-16-10-12-17(13-11-16)9-6-7-14(3)15-5-2/h14-15H,4-13H2,1-3H3. The highest BCUT2D eigenvalue weighted by molar-refractivity contribution is 4.72. The van der Waals surface area contributed by atoms with Crippen molar-refractivity contribution < 1.29 is 0 Å². The van der Waals surface area contributed by atoms with Crippen molar-refractivity contribution in [1.29, 1.82) is 0 Å². The molecule has 17 heavy (non-hydrogen) atoms. The lowest BCUT2D eigenvalue weighted by atomic mass is 10.1. The minimum absolute atomic E-state index is 0.682. The molecule has 0 amide bonds. The van der Waals surface area contributed by atoms with Crippen molar-refractivity contribution in [1.82, 2.24) is 15.1 Å². The minimum Gasteiger partial charge on any atom is -0.315 e. The maximum absolute atomic E-state index is 3.48. The second kappa shape index (κ2) is 8.90. The first-order chi connectivity index (χ1) is 8.26. The maximum atomic E-state index is 3.48. The van der Waals surface area contributed by atoms with Gasteiger partial charge in [0, 0.05) is 32.2 Å². The van der Waals surface area contributed by atoms with Gasteiger partial charge in [-0.2, -0.15) is 0 Å². The molecule has 3 heteroatoms. The van der Waals surface area contributed by atoms with E-state index >= 15 is 0 Å². The zero-order chi connectivity index (χ0) is 12.5. The fourth-order valence-corrected chi connectivity index (χ4v) is 2.62. The van der Waals surface area contributed by atoms with Gasteiger partial charge in [-0.15, -0.1) is 0 Å². The van der Waals surface area contributed by atoms with Crippen LogP contribution in [0.1, 0.15) is 40.0 Å². The van der Waals surface area contributed by atoms with Gasteiger partial charge >= 0.3 is 0 Å². The van der Waals surface area contributed by atoms with Gasteiger partial charge in [-0.3, -0.25) is 0 Å². The molecule has 1 N–H and O–H groups in total. The quantitative estimate of drug-likeness (QED) is 0.699. The predicted molar refractivity (Wildman–Crippen MR) is 75.5 cm³/mol. The first-order valence-electron chi connectivity index (χ1n) is 7.44. The zero-order valence-electron chi connectivity index (χ0n) is 12.0. The van der Waals surface area contributed by atoms with Crippen LogP contribution in [0.2, 0.25) is 0 Å². The monoisotopic (exact) mass is 241 g/mol.